The Kier molecular flexibility index (Phi) is 10.0. The standard InChI is InChI=1S/C31H29BrClF3N2O2S/c1-19-15-20(5-10-26(19)33)24-3-2-4-29-30(24)38(22-8-6-21(34)7-9-22)31(37-29)41-18-25-27(35)16-23(17-28(25)36)40-14-13-39-12-11-32/h5-10,15-17,24H,2-4,11-14,18H2,1H3. The van der Waals surface area contributed by atoms with Gasteiger partial charge >= 0.3 is 0 Å². The molecule has 1 aliphatic rings. The number of fused-ring (bicyclic) bond motifs is 1. The zero-order chi connectivity index (χ0) is 28.9. The van der Waals surface area contributed by atoms with Crippen LogP contribution in [0.3, 0.4) is 0 Å². The summed E-state index contributed by atoms with van der Waals surface area (Å²) in [6, 6.07) is 14.6. The lowest BCUT2D eigenvalue weighted by Gasteiger charge is -2.25. The van der Waals surface area contributed by atoms with Crippen LogP contribution in [0.1, 0.15) is 46.8 Å². The van der Waals surface area contributed by atoms with E-state index in [9.17, 15) is 4.39 Å². The Balaban J connectivity index is 1.45. The van der Waals surface area contributed by atoms with Crippen molar-refractivity contribution in [3.05, 3.63) is 105 Å². The average molecular weight is 666 g/mol. The number of thioether (sulfide) groups is 1. The molecule has 0 bridgehead atoms. The second-order valence-electron chi connectivity index (χ2n) is 9.80. The average Bonchev–Trinajstić information content (AvgIpc) is 3.33. The van der Waals surface area contributed by atoms with Crippen molar-refractivity contribution in [3.8, 4) is 11.4 Å². The first kappa shape index (κ1) is 30.0. The fourth-order valence-electron chi connectivity index (χ4n) is 5.06. The molecule has 1 heterocycles. The molecule has 0 N–H and O–H groups in total. The van der Waals surface area contributed by atoms with Crippen molar-refractivity contribution < 1.29 is 22.6 Å². The molecule has 1 aliphatic carbocycles. The van der Waals surface area contributed by atoms with Crippen molar-refractivity contribution in [1.82, 2.24) is 9.55 Å². The number of hydrogen-bond acceptors (Lipinski definition) is 4. The molecule has 0 spiro atoms. The minimum atomic E-state index is -0.687. The Labute approximate surface area is 255 Å². The van der Waals surface area contributed by atoms with Gasteiger partial charge in [0.2, 0.25) is 0 Å². The van der Waals surface area contributed by atoms with Gasteiger partial charge in [-0.15, -0.1) is 0 Å². The van der Waals surface area contributed by atoms with Crippen LogP contribution >= 0.6 is 39.3 Å². The molecule has 0 aliphatic heterocycles. The third-order valence-electron chi connectivity index (χ3n) is 7.04. The molecule has 5 rings (SSSR count). The molecule has 1 atom stereocenters. The minimum absolute atomic E-state index is 0.0219. The summed E-state index contributed by atoms with van der Waals surface area (Å²) >= 11 is 10.8. The quantitative estimate of drug-likeness (QED) is 0.0912. The molecule has 216 valence electrons. The molecule has 3 aromatic carbocycles. The summed E-state index contributed by atoms with van der Waals surface area (Å²) in [5.41, 5.74) is 4.74. The van der Waals surface area contributed by atoms with Gasteiger partial charge in [-0.25, -0.2) is 18.2 Å². The van der Waals surface area contributed by atoms with Crippen LogP contribution in [0.4, 0.5) is 13.2 Å². The van der Waals surface area contributed by atoms with Gasteiger partial charge in [0.05, 0.1) is 24.6 Å². The van der Waals surface area contributed by atoms with E-state index in [1.54, 1.807) is 12.1 Å². The fourth-order valence-corrected chi connectivity index (χ4v) is 6.47. The lowest BCUT2D eigenvalue weighted by Crippen LogP contribution is -2.15. The van der Waals surface area contributed by atoms with Crippen molar-refractivity contribution in [2.45, 2.75) is 43.0 Å². The lowest BCUT2D eigenvalue weighted by molar-refractivity contribution is 0.112. The molecule has 1 aromatic heterocycles. The molecular weight excluding hydrogens is 637 g/mol. The molecule has 0 saturated carbocycles. The van der Waals surface area contributed by atoms with Gasteiger partial charge in [-0.3, -0.25) is 4.57 Å². The van der Waals surface area contributed by atoms with E-state index in [0.717, 1.165) is 47.5 Å². The van der Waals surface area contributed by atoms with Crippen LogP contribution < -0.4 is 4.74 Å². The van der Waals surface area contributed by atoms with Crippen LogP contribution in [0, 0.1) is 24.4 Å². The van der Waals surface area contributed by atoms with Crippen LogP contribution in [0.15, 0.2) is 59.8 Å². The lowest BCUT2D eigenvalue weighted by atomic mass is 9.83. The van der Waals surface area contributed by atoms with E-state index in [0.29, 0.717) is 28.7 Å². The highest BCUT2D eigenvalue weighted by molar-refractivity contribution is 9.09. The second-order valence-corrected chi connectivity index (χ2v) is 11.9. The van der Waals surface area contributed by atoms with Crippen molar-refractivity contribution in [2.75, 3.05) is 25.2 Å². The number of halogens is 5. The largest absolute Gasteiger partial charge is 0.491 e. The summed E-state index contributed by atoms with van der Waals surface area (Å²) in [7, 11) is 0. The van der Waals surface area contributed by atoms with Gasteiger partial charge in [0, 0.05) is 45.4 Å². The monoisotopic (exact) mass is 664 g/mol. The van der Waals surface area contributed by atoms with E-state index < -0.39 is 11.6 Å². The first-order chi connectivity index (χ1) is 19.9. The highest BCUT2D eigenvalue weighted by Gasteiger charge is 2.30. The Morgan fingerprint density at radius 2 is 1.78 bits per heavy atom. The topological polar surface area (TPSA) is 36.3 Å². The highest BCUT2D eigenvalue weighted by Crippen LogP contribution is 2.42. The number of aromatic nitrogens is 2. The zero-order valence-electron chi connectivity index (χ0n) is 22.4. The van der Waals surface area contributed by atoms with Crippen LogP contribution in [-0.2, 0) is 16.9 Å². The van der Waals surface area contributed by atoms with Gasteiger partial charge in [-0.05, 0) is 67.6 Å². The molecule has 0 radical (unpaired) electrons. The molecule has 4 nitrogen and oxygen atoms in total. The minimum Gasteiger partial charge on any atom is -0.491 e. The summed E-state index contributed by atoms with van der Waals surface area (Å²) < 4.78 is 56.7. The number of aryl methyl sites for hydroxylation is 2. The van der Waals surface area contributed by atoms with Crippen LogP contribution in [0.25, 0.3) is 5.69 Å². The van der Waals surface area contributed by atoms with Gasteiger partial charge in [-0.2, -0.15) is 0 Å². The van der Waals surface area contributed by atoms with Crippen LogP contribution in [0.2, 0.25) is 5.02 Å². The molecule has 1 unspecified atom stereocenters. The smallest absolute Gasteiger partial charge is 0.173 e. The normalized spacial score (nSPS) is 14.7. The first-order valence-corrected chi connectivity index (χ1v) is 15.8. The van der Waals surface area contributed by atoms with E-state index >= 15 is 8.78 Å². The molecule has 10 heteroatoms. The van der Waals surface area contributed by atoms with E-state index in [1.807, 2.05) is 23.6 Å². The third kappa shape index (κ3) is 6.96. The summed E-state index contributed by atoms with van der Waals surface area (Å²) in [4.78, 5) is 4.94. The molecule has 41 heavy (non-hydrogen) atoms. The number of rotatable bonds is 11. The van der Waals surface area contributed by atoms with Gasteiger partial charge in [0.25, 0.3) is 0 Å². The second kappa shape index (κ2) is 13.7. The van der Waals surface area contributed by atoms with E-state index in [2.05, 4.69) is 22.0 Å². The summed E-state index contributed by atoms with van der Waals surface area (Å²) in [6.45, 7) is 3.01. The number of alkyl halides is 1. The predicted octanol–water partition coefficient (Wildman–Crippen LogP) is 8.80. The Hall–Kier alpha value is -2.46. The maximum Gasteiger partial charge on any atom is 0.173 e. The maximum absolute atomic E-state index is 15.0. The zero-order valence-corrected chi connectivity index (χ0v) is 25.6. The van der Waals surface area contributed by atoms with Crippen molar-refractivity contribution in [2.24, 2.45) is 0 Å². The van der Waals surface area contributed by atoms with Gasteiger partial charge in [-0.1, -0.05) is 51.4 Å². The predicted molar refractivity (Wildman–Crippen MR) is 161 cm³/mol. The van der Waals surface area contributed by atoms with Crippen molar-refractivity contribution in [1.29, 1.82) is 0 Å². The number of imidazole rings is 1. The molecule has 4 aromatic rings. The Morgan fingerprint density at radius 3 is 2.49 bits per heavy atom. The SMILES string of the molecule is Cc1cc(C2CCCc3nc(SCc4c(F)cc(OCCOCCBr)cc4F)n(-c4ccc(F)cc4)c32)ccc1Cl. The molecule has 0 saturated heterocycles. The Morgan fingerprint density at radius 1 is 1.02 bits per heavy atom. The van der Waals surface area contributed by atoms with Gasteiger partial charge in [0.1, 0.15) is 29.8 Å². The molecular formula is C31H29BrClF3N2O2S. The number of benzene rings is 3. The van der Waals surface area contributed by atoms with Crippen molar-refractivity contribution >= 4 is 39.3 Å². The van der Waals surface area contributed by atoms with E-state index in [1.165, 1.54) is 36.0 Å². The number of hydrogen-bond donors (Lipinski definition) is 0. The number of nitrogens with zero attached hydrogens (tertiary/aromatic N) is 2. The van der Waals surface area contributed by atoms with Gasteiger partial charge in [0.15, 0.2) is 5.16 Å². The molecule has 0 fully saturated rings. The van der Waals surface area contributed by atoms with Gasteiger partial charge < -0.3 is 9.47 Å². The number of ether oxygens (including phenoxy) is 2. The Bertz CT molecular complexity index is 1490. The van der Waals surface area contributed by atoms with Crippen molar-refractivity contribution in [3.63, 3.8) is 0 Å². The van der Waals surface area contributed by atoms with Crippen LogP contribution in [-0.4, -0.2) is 34.7 Å². The maximum atomic E-state index is 15.0. The summed E-state index contributed by atoms with van der Waals surface area (Å²) in [5, 5.41) is 2.01. The summed E-state index contributed by atoms with van der Waals surface area (Å²) in [6.07, 6.45) is 2.65. The van der Waals surface area contributed by atoms with Crippen LogP contribution in [0.5, 0.6) is 5.75 Å². The third-order valence-corrected chi connectivity index (χ3v) is 8.76. The van der Waals surface area contributed by atoms with E-state index in [4.69, 9.17) is 26.1 Å². The first-order valence-electron chi connectivity index (χ1n) is 13.4. The van der Waals surface area contributed by atoms with E-state index in [-0.39, 0.29) is 35.4 Å². The summed E-state index contributed by atoms with van der Waals surface area (Å²) in [5.74, 6) is -1.54. The fraction of sp³-hybridized carbons (Fsp3) is 0.323. The highest BCUT2D eigenvalue weighted by atomic mass is 79.9. The molecule has 0 amide bonds.